The van der Waals surface area contributed by atoms with Gasteiger partial charge in [-0.05, 0) is 66.2 Å². The molecular formula is C45H79N5O20. The van der Waals surface area contributed by atoms with E-state index in [9.17, 15) is 74.4 Å². The number of rotatable bonds is 32. The van der Waals surface area contributed by atoms with E-state index >= 15 is 0 Å². The van der Waals surface area contributed by atoms with Gasteiger partial charge in [0.05, 0.1) is 26.4 Å². The van der Waals surface area contributed by atoms with Crippen LogP contribution >= 0.6 is 0 Å². The Balaban J connectivity index is 1.59. The van der Waals surface area contributed by atoms with Gasteiger partial charge in [-0.3, -0.25) is 28.8 Å². The van der Waals surface area contributed by atoms with Crippen LogP contribution in [0.2, 0.25) is 0 Å². The van der Waals surface area contributed by atoms with Crippen molar-refractivity contribution < 1.29 is 98.1 Å². The molecule has 0 saturated carbocycles. The van der Waals surface area contributed by atoms with Crippen LogP contribution in [0.5, 0.6) is 0 Å². The van der Waals surface area contributed by atoms with Crippen LogP contribution in [0.3, 0.4) is 0 Å². The van der Waals surface area contributed by atoms with E-state index in [4.69, 9.17) is 23.7 Å². The molecule has 2 fully saturated rings. The molecule has 12 N–H and O–H groups in total. The van der Waals surface area contributed by atoms with E-state index in [1.165, 1.54) is 0 Å². The summed E-state index contributed by atoms with van der Waals surface area (Å²) in [4.78, 5) is 89.5. The van der Waals surface area contributed by atoms with Gasteiger partial charge in [-0.2, -0.15) is 0 Å². The highest BCUT2D eigenvalue weighted by Gasteiger charge is 2.46. The Hall–Kier alpha value is -4.15. The third-order valence-corrected chi connectivity index (χ3v) is 11.3. The molecule has 0 aromatic heterocycles. The summed E-state index contributed by atoms with van der Waals surface area (Å²) in [7, 11) is 0. The van der Waals surface area contributed by atoms with E-state index in [1.807, 2.05) is 0 Å². The summed E-state index contributed by atoms with van der Waals surface area (Å²) in [5, 5.41) is 88.7. The van der Waals surface area contributed by atoms with Crippen molar-refractivity contribution in [3.8, 4) is 0 Å². The SMILES string of the molecule is CCN(CCO[C@@H]1O[C@@H](CO)[C@H](O)[C@@H](O)[C@H]1O)C(=O)CCCCCNC(=O)CCCNC(=O)CCC(NC(=O)CNC(=O)CCCCCCC(=O)O[C@@H]1O[C@@H](CO)[C@H](O)[C@@H](O)[C@H]1O)C(=O)OC(C)(C)C. The highest BCUT2D eigenvalue weighted by atomic mass is 16.7. The second kappa shape index (κ2) is 32.7. The number of ether oxygens (including phenoxy) is 5. The zero-order valence-electron chi connectivity index (χ0n) is 40.8. The molecule has 25 heteroatoms. The molecule has 404 valence electrons. The highest BCUT2D eigenvalue weighted by molar-refractivity contribution is 5.89. The second-order valence-electron chi connectivity index (χ2n) is 18.2. The van der Waals surface area contributed by atoms with Gasteiger partial charge < -0.3 is 90.7 Å². The predicted molar refractivity (Wildman–Crippen MR) is 243 cm³/mol. The molecule has 2 heterocycles. The van der Waals surface area contributed by atoms with Crippen LogP contribution < -0.4 is 21.3 Å². The van der Waals surface area contributed by atoms with Crippen molar-refractivity contribution in [3.05, 3.63) is 0 Å². The Labute approximate surface area is 408 Å². The maximum atomic E-state index is 12.9. The molecule has 2 aliphatic rings. The van der Waals surface area contributed by atoms with Crippen molar-refractivity contribution in [2.24, 2.45) is 0 Å². The number of nitrogens with one attached hydrogen (secondary N) is 4. The number of likely N-dealkylation sites (N-methyl/N-ethyl adjacent to an activating group) is 1. The molecule has 0 spiro atoms. The van der Waals surface area contributed by atoms with Crippen LogP contribution in [0, 0.1) is 0 Å². The molecule has 1 unspecified atom stereocenters. The summed E-state index contributed by atoms with van der Waals surface area (Å²) in [6, 6.07) is -1.19. The van der Waals surface area contributed by atoms with Crippen molar-refractivity contribution >= 4 is 41.5 Å². The molecule has 70 heavy (non-hydrogen) atoms. The molecule has 0 aliphatic carbocycles. The first-order valence-electron chi connectivity index (χ1n) is 24.1. The summed E-state index contributed by atoms with van der Waals surface area (Å²) in [6.45, 7) is 6.23. The number of nitrogens with zero attached hydrogens (tertiary/aromatic N) is 1. The topological polar surface area (TPSA) is 379 Å². The Morgan fingerprint density at radius 3 is 1.71 bits per heavy atom. The summed E-state index contributed by atoms with van der Waals surface area (Å²) in [5.74, 6) is -3.34. The molecule has 11 atom stereocenters. The van der Waals surface area contributed by atoms with Crippen molar-refractivity contribution in [2.45, 2.75) is 191 Å². The minimum atomic E-state index is -1.70. The van der Waals surface area contributed by atoms with Crippen LogP contribution in [0.1, 0.15) is 118 Å². The van der Waals surface area contributed by atoms with E-state index < -0.39 is 122 Å². The summed E-state index contributed by atoms with van der Waals surface area (Å²) in [6.07, 6.45) is -10.4. The van der Waals surface area contributed by atoms with Gasteiger partial charge >= 0.3 is 11.9 Å². The zero-order valence-corrected chi connectivity index (χ0v) is 40.8. The number of esters is 2. The Morgan fingerprint density at radius 1 is 0.600 bits per heavy atom. The average molecular weight is 1010 g/mol. The van der Waals surface area contributed by atoms with E-state index in [0.717, 1.165) is 0 Å². The lowest BCUT2D eigenvalue weighted by molar-refractivity contribution is -0.301. The molecule has 25 nitrogen and oxygen atoms in total. The van der Waals surface area contributed by atoms with Crippen molar-refractivity contribution in [1.82, 2.24) is 26.2 Å². The number of unbranched alkanes of at least 4 members (excludes halogenated alkanes) is 5. The first-order valence-corrected chi connectivity index (χ1v) is 24.1. The van der Waals surface area contributed by atoms with E-state index in [2.05, 4.69) is 21.3 Å². The van der Waals surface area contributed by atoms with Crippen molar-refractivity contribution in [3.63, 3.8) is 0 Å². The van der Waals surface area contributed by atoms with Gasteiger partial charge in [-0.1, -0.05) is 19.3 Å². The van der Waals surface area contributed by atoms with Crippen LogP contribution in [0.15, 0.2) is 0 Å². The number of carbonyl (C=O) groups is 7. The third-order valence-electron chi connectivity index (χ3n) is 11.3. The van der Waals surface area contributed by atoms with E-state index in [1.54, 1.807) is 32.6 Å². The fraction of sp³-hybridized carbons (Fsp3) is 0.844. The van der Waals surface area contributed by atoms with Crippen LogP contribution in [-0.2, 0) is 57.2 Å². The van der Waals surface area contributed by atoms with E-state index in [-0.39, 0.29) is 70.0 Å². The quantitative estimate of drug-likeness (QED) is 0.0231. The monoisotopic (exact) mass is 1010 g/mol. The van der Waals surface area contributed by atoms with Crippen LogP contribution in [0.4, 0.5) is 0 Å². The number of hydrogen-bond acceptors (Lipinski definition) is 20. The molecule has 0 radical (unpaired) electrons. The number of amides is 5. The Morgan fingerprint density at radius 2 is 1.11 bits per heavy atom. The molecule has 2 rings (SSSR count). The Bertz CT molecular complexity index is 1620. The van der Waals surface area contributed by atoms with Crippen molar-refractivity contribution in [2.75, 3.05) is 52.5 Å². The molecular weight excluding hydrogens is 931 g/mol. The van der Waals surface area contributed by atoms with Gasteiger partial charge in [-0.25, -0.2) is 4.79 Å². The lowest BCUT2D eigenvalue weighted by Gasteiger charge is -2.39. The summed E-state index contributed by atoms with van der Waals surface area (Å²) < 4.78 is 26.4. The maximum Gasteiger partial charge on any atom is 0.329 e. The zero-order chi connectivity index (χ0) is 52.4. The number of aliphatic hydroxyl groups is 8. The molecule has 2 aliphatic heterocycles. The standard InChI is InChI=1S/C45H79N5O20/c1-5-50(22-23-66-43-40(63)38(61)36(59)28(25-51)67-43)34(57)16-10-8-12-20-46-30(53)15-13-21-47-32(55)19-18-27(42(65)70-45(2,3)4)49-33(56)24-48-31(54)14-9-6-7-11-17-35(58)69-44-41(64)39(62)37(60)29(26-52)68-44/h27-29,36-41,43-44,51-52,59-64H,5-26H2,1-4H3,(H,46,53)(H,47,55)(H,48,54)(H,49,56)/t27?,28-,29-,36-,37-,38+,39+,40+,41+,43+,44-/m0/s1. The van der Waals surface area contributed by atoms with Gasteiger partial charge in [0, 0.05) is 58.3 Å². The van der Waals surface area contributed by atoms with Crippen molar-refractivity contribution in [1.29, 1.82) is 0 Å². The number of aliphatic hydroxyl groups excluding tert-OH is 8. The highest BCUT2D eigenvalue weighted by Crippen LogP contribution is 2.24. The lowest BCUT2D eigenvalue weighted by Crippen LogP contribution is -2.59. The molecule has 2 saturated heterocycles. The molecule has 0 bridgehead atoms. The van der Waals surface area contributed by atoms with Crippen LogP contribution in [0.25, 0.3) is 0 Å². The first-order chi connectivity index (χ1) is 33.1. The smallest absolute Gasteiger partial charge is 0.329 e. The number of carbonyl (C=O) groups excluding carboxylic acids is 7. The average Bonchev–Trinajstić information content (AvgIpc) is 3.31. The van der Waals surface area contributed by atoms with E-state index in [0.29, 0.717) is 64.5 Å². The molecule has 5 amide bonds. The normalized spacial score (nSPS) is 25.0. The van der Waals surface area contributed by atoms with Gasteiger partial charge in [0.2, 0.25) is 35.8 Å². The lowest BCUT2D eigenvalue weighted by atomic mass is 9.99. The first kappa shape index (κ1) is 62.0. The molecule has 0 aromatic rings. The van der Waals surface area contributed by atoms with Gasteiger partial charge in [0.25, 0.3) is 0 Å². The second-order valence-corrected chi connectivity index (χ2v) is 18.2. The summed E-state index contributed by atoms with van der Waals surface area (Å²) in [5.41, 5.74) is -0.889. The number of hydrogen-bond donors (Lipinski definition) is 12. The molecule has 0 aromatic carbocycles. The fourth-order valence-electron chi connectivity index (χ4n) is 7.23. The van der Waals surface area contributed by atoms with Gasteiger partial charge in [-0.15, -0.1) is 0 Å². The van der Waals surface area contributed by atoms with Gasteiger partial charge in [0.1, 0.15) is 60.5 Å². The minimum Gasteiger partial charge on any atom is -0.458 e. The van der Waals surface area contributed by atoms with Gasteiger partial charge in [0.15, 0.2) is 6.29 Å². The maximum absolute atomic E-state index is 12.9. The summed E-state index contributed by atoms with van der Waals surface area (Å²) >= 11 is 0. The van der Waals surface area contributed by atoms with Crippen LogP contribution in [-0.4, -0.2) is 213 Å². The minimum absolute atomic E-state index is 0.0132. The predicted octanol–water partition coefficient (Wildman–Crippen LogP) is -3.37. The largest absolute Gasteiger partial charge is 0.458 e. The Kier molecular flexibility index (Phi) is 29.0. The fourth-order valence-corrected chi connectivity index (χ4v) is 7.23. The third kappa shape index (κ3) is 23.4.